The van der Waals surface area contributed by atoms with Crippen molar-refractivity contribution < 1.29 is 9.90 Å². The van der Waals surface area contributed by atoms with Crippen molar-refractivity contribution in [2.45, 2.75) is 38.7 Å². The summed E-state index contributed by atoms with van der Waals surface area (Å²) in [5.74, 6) is 0.707. The van der Waals surface area contributed by atoms with Gasteiger partial charge in [-0.1, -0.05) is 19.8 Å². The van der Waals surface area contributed by atoms with Crippen LogP contribution in [0.4, 0.5) is 0 Å². The highest BCUT2D eigenvalue weighted by atomic mass is 16.3. The summed E-state index contributed by atoms with van der Waals surface area (Å²) in [6.45, 7) is 2.62. The molecule has 0 heterocycles. The van der Waals surface area contributed by atoms with Gasteiger partial charge in [0.25, 0.3) is 0 Å². The third-order valence-corrected chi connectivity index (χ3v) is 3.43. The van der Waals surface area contributed by atoms with Crippen molar-refractivity contribution in [3.8, 4) is 0 Å². The lowest BCUT2D eigenvalue weighted by Gasteiger charge is -2.40. The molecule has 0 aromatic rings. The summed E-state index contributed by atoms with van der Waals surface area (Å²) < 4.78 is 0. The second-order valence-electron chi connectivity index (χ2n) is 4.33. The van der Waals surface area contributed by atoms with Gasteiger partial charge in [0, 0.05) is 12.0 Å². The summed E-state index contributed by atoms with van der Waals surface area (Å²) in [4.78, 5) is 10.5. The molecule has 13 heavy (non-hydrogen) atoms. The molecular weight excluding hydrogens is 166 g/mol. The number of aldehydes is 1. The third-order valence-electron chi connectivity index (χ3n) is 3.43. The van der Waals surface area contributed by atoms with Crippen LogP contribution in [0.3, 0.4) is 0 Å². The van der Waals surface area contributed by atoms with Crippen molar-refractivity contribution in [3.05, 3.63) is 0 Å². The van der Waals surface area contributed by atoms with Gasteiger partial charge in [0.2, 0.25) is 0 Å². The molecule has 3 nitrogen and oxygen atoms in total. The lowest BCUT2D eigenvalue weighted by molar-refractivity contribution is -0.123. The maximum atomic E-state index is 10.5. The van der Waals surface area contributed by atoms with Gasteiger partial charge in [-0.2, -0.15) is 0 Å². The lowest BCUT2D eigenvalue weighted by atomic mass is 9.68. The maximum absolute atomic E-state index is 10.5. The Morgan fingerprint density at radius 3 is 2.54 bits per heavy atom. The number of aliphatic hydroxyl groups is 1. The Morgan fingerprint density at radius 2 is 2.15 bits per heavy atom. The largest absolute Gasteiger partial charge is 0.385 e. The molecule has 1 aliphatic rings. The van der Waals surface area contributed by atoms with E-state index in [0.29, 0.717) is 18.7 Å². The second-order valence-corrected chi connectivity index (χ2v) is 4.33. The Kier molecular flexibility index (Phi) is 3.45. The van der Waals surface area contributed by atoms with Gasteiger partial charge in [-0.3, -0.25) is 0 Å². The molecule has 76 valence electrons. The average molecular weight is 185 g/mol. The monoisotopic (exact) mass is 185 g/mol. The SMILES string of the molecule is CC1CCC(CN)(C(O)C=O)CC1. The van der Waals surface area contributed by atoms with Gasteiger partial charge in [0.1, 0.15) is 12.4 Å². The van der Waals surface area contributed by atoms with Gasteiger partial charge in [0.05, 0.1) is 0 Å². The van der Waals surface area contributed by atoms with Crippen LogP contribution in [0.15, 0.2) is 0 Å². The molecule has 0 bridgehead atoms. The first-order valence-corrected chi connectivity index (χ1v) is 4.98. The zero-order valence-electron chi connectivity index (χ0n) is 8.20. The summed E-state index contributed by atoms with van der Waals surface area (Å²) in [5, 5.41) is 9.57. The highest BCUT2D eigenvalue weighted by molar-refractivity contribution is 5.57. The van der Waals surface area contributed by atoms with Crippen LogP contribution in [0.5, 0.6) is 0 Å². The highest BCUT2D eigenvalue weighted by Gasteiger charge is 2.39. The standard InChI is InChI=1S/C10H19NO2/c1-8-2-4-10(7-11,5-3-8)9(13)6-12/h6,8-9,13H,2-5,7,11H2,1H3. The Hall–Kier alpha value is -0.410. The number of aliphatic hydroxyl groups excluding tert-OH is 1. The Balaban J connectivity index is 2.65. The number of rotatable bonds is 3. The molecule has 1 saturated carbocycles. The van der Waals surface area contributed by atoms with Gasteiger partial charge in [-0.05, 0) is 18.8 Å². The Bertz CT molecular complexity index is 174. The third kappa shape index (κ3) is 2.09. The number of hydrogen-bond acceptors (Lipinski definition) is 3. The highest BCUT2D eigenvalue weighted by Crippen LogP contribution is 2.40. The summed E-state index contributed by atoms with van der Waals surface area (Å²) in [6, 6.07) is 0. The molecule has 0 saturated heterocycles. The lowest BCUT2D eigenvalue weighted by Crippen LogP contribution is -2.45. The molecule has 0 aliphatic heterocycles. The molecule has 0 radical (unpaired) electrons. The molecule has 1 fully saturated rings. The zero-order chi connectivity index (χ0) is 9.90. The Labute approximate surface area is 79.3 Å². The predicted octanol–water partition coefficient (Wildman–Crippen LogP) is 0.701. The predicted molar refractivity (Wildman–Crippen MR) is 51.2 cm³/mol. The van der Waals surface area contributed by atoms with Gasteiger partial charge >= 0.3 is 0 Å². The molecule has 3 N–H and O–H groups in total. The molecule has 1 aliphatic carbocycles. The normalized spacial score (nSPS) is 37.0. The van der Waals surface area contributed by atoms with E-state index in [-0.39, 0.29) is 5.41 Å². The topological polar surface area (TPSA) is 63.3 Å². The minimum atomic E-state index is -0.870. The first-order chi connectivity index (χ1) is 6.14. The quantitative estimate of drug-likeness (QED) is 0.636. The minimum Gasteiger partial charge on any atom is -0.385 e. The van der Waals surface area contributed by atoms with Crippen LogP contribution < -0.4 is 5.73 Å². The van der Waals surface area contributed by atoms with E-state index in [9.17, 15) is 9.90 Å². The number of nitrogens with two attached hydrogens (primary N) is 1. The molecule has 0 aromatic heterocycles. The Morgan fingerprint density at radius 1 is 1.62 bits per heavy atom. The van der Waals surface area contributed by atoms with E-state index in [2.05, 4.69) is 6.92 Å². The summed E-state index contributed by atoms with van der Waals surface area (Å²) >= 11 is 0. The van der Waals surface area contributed by atoms with Gasteiger partial charge in [-0.25, -0.2) is 0 Å². The molecule has 1 rings (SSSR count). The number of carbonyl (C=O) groups is 1. The van der Waals surface area contributed by atoms with Crippen molar-refractivity contribution in [1.29, 1.82) is 0 Å². The average Bonchev–Trinajstić information content (AvgIpc) is 2.18. The van der Waals surface area contributed by atoms with Crippen molar-refractivity contribution in [3.63, 3.8) is 0 Å². The maximum Gasteiger partial charge on any atom is 0.149 e. The molecule has 1 unspecified atom stereocenters. The fourth-order valence-corrected chi connectivity index (χ4v) is 2.10. The van der Waals surface area contributed by atoms with E-state index in [1.165, 1.54) is 0 Å². The molecule has 3 heteroatoms. The van der Waals surface area contributed by atoms with Gasteiger partial charge < -0.3 is 15.6 Å². The van der Waals surface area contributed by atoms with Crippen molar-refractivity contribution >= 4 is 6.29 Å². The minimum absolute atomic E-state index is 0.325. The van der Waals surface area contributed by atoms with Crippen LogP contribution in [0.2, 0.25) is 0 Å². The smallest absolute Gasteiger partial charge is 0.149 e. The first kappa shape index (κ1) is 10.7. The van der Waals surface area contributed by atoms with Crippen molar-refractivity contribution in [2.75, 3.05) is 6.54 Å². The summed E-state index contributed by atoms with van der Waals surface area (Å²) in [5.41, 5.74) is 5.32. The van der Waals surface area contributed by atoms with Crippen LogP contribution in [0.1, 0.15) is 32.6 Å². The van der Waals surface area contributed by atoms with E-state index in [4.69, 9.17) is 5.73 Å². The first-order valence-electron chi connectivity index (χ1n) is 4.98. The van der Waals surface area contributed by atoms with Crippen LogP contribution >= 0.6 is 0 Å². The number of hydrogen-bond donors (Lipinski definition) is 2. The van der Waals surface area contributed by atoms with Crippen molar-refractivity contribution in [2.24, 2.45) is 17.1 Å². The fourth-order valence-electron chi connectivity index (χ4n) is 2.10. The van der Waals surface area contributed by atoms with Gasteiger partial charge in [0.15, 0.2) is 0 Å². The van der Waals surface area contributed by atoms with E-state index in [0.717, 1.165) is 25.7 Å². The van der Waals surface area contributed by atoms with Crippen LogP contribution in [-0.4, -0.2) is 24.0 Å². The molecule has 0 amide bonds. The fraction of sp³-hybridized carbons (Fsp3) is 0.900. The van der Waals surface area contributed by atoms with E-state index in [1.807, 2.05) is 0 Å². The van der Waals surface area contributed by atoms with Crippen LogP contribution in [-0.2, 0) is 4.79 Å². The van der Waals surface area contributed by atoms with Crippen molar-refractivity contribution in [1.82, 2.24) is 0 Å². The van der Waals surface area contributed by atoms with E-state index in [1.54, 1.807) is 0 Å². The second kappa shape index (κ2) is 4.20. The molecule has 0 spiro atoms. The summed E-state index contributed by atoms with van der Waals surface area (Å²) in [7, 11) is 0. The zero-order valence-corrected chi connectivity index (χ0v) is 8.20. The van der Waals surface area contributed by atoms with Gasteiger partial charge in [-0.15, -0.1) is 0 Å². The van der Waals surface area contributed by atoms with E-state index < -0.39 is 6.10 Å². The number of carbonyl (C=O) groups excluding carboxylic acids is 1. The molecule has 1 atom stereocenters. The molecule has 0 aromatic carbocycles. The van der Waals surface area contributed by atoms with Crippen LogP contribution in [0, 0.1) is 11.3 Å². The van der Waals surface area contributed by atoms with E-state index >= 15 is 0 Å². The summed E-state index contributed by atoms with van der Waals surface area (Å²) in [6.07, 6.45) is 3.66. The molecular formula is C10H19NO2. The van der Waals surface area contributed by atoms with Crippen LogP contribution in [0.25, 0.3) is 0 Å².